The summed E-state index contributed by atoms with van der Waals surface area (Å²) in [6.45, 7) is 0. The number of benzene rings is 4. The average Bonchev–Trinajstić information content (AvgIpc) is 2.89. The van der Waals surface area contributed by atoms with E-state index in [1.807, 2.05) is 0 Å². The molecule has 0 bridgehead atoms. The number of hydrazone groups is 1. The number of phenolic OH excluding ortho intramolecular Hbond substituents is 1. The van der Waals surface area contributed by atoms with Crippen LogP contribution in [0.1, 0.15) is 31.8 Å². The zero-order valence-corrected chi connectivity index (χ0v) is 18.5. The lowest BCUT2D eigenvalue weighted by molar-refractivity contribution is -0.385. The Labute approximate surface area is 204 Å². The van der Waals surface area contributed by atoms with Gasteiger partial charge >= 0.3 is 0 Å². The van der Waals surface area contributed by atoms with Crippen molar-refractivity contribution in [3.63, 3.8) is 0 Å². The van der Waals surface area contributed by atoms with Gasteiger partial charge in [0.1, 0.15) is 17.4 Å². The molecule has 4 aromatic carbocycles. The number of amides is 2. The Morgan fingerprint density at radius 1 is 0.972 bits per heavy atom. The van der Waals surface area contributed by atoms with Gasteiger partial charge in [-0.1, -0.05) is 42.5 Å². The van der Waals surface area contributed by atoms with Gasteiger partial charge in [-0.3, -0.25) is 19.7 Å². The van der Waals surface area contributed by atoms with Crippen molar-refractivity contribution in [1.82, 2.24) is 5.43 Å². The second-order valence-corrected chi connectivity index (χ2v) is 7.52. The quantitative estimate of drug-likeness (QED) is 0.212. The molecule has 10 heteroatoms. The number of anilines is 1. The Morgan fingerprint density at radius 3 is 2.44 bits per heavy atom. The smallest absolute Gasteiger partial charge is 0.282 e. The van der Waals surface area contributed by atoms with Crippen molar-refractivity contribution in [1.29, 1.82) is 5.26 Å². The molecule has 2 amide bonds. The third-order valence-corrected chi connectivity index (χ3v) is 5.30. The number of phenols is 1. The number of nitro groups is 1. The predicted molar refractivity (Wildman–Crippen MR) is 133 cm³/mol. The second kappa shape index (κ2) is 10.1. The Morgan fingerprint density at radius 2 is 1.69 bits per heavy atom. The number of nitriles is 1. The van der Waals surface area contributed by atoms with Crippen molar-refractivity contribution in [3.8, 4) is 11.8 Å². The van der Waals surface area contributed by atoms with Crippen LogP contribution < -0.4 is 10.7 Å². The van der Waals surface area contributed by atoms with Crippen LogP contribution >= 0.6 is 0 Å². The lowest BCUT2D eigenvalue weighted by Gasteiger charge is -2.11. The van der Waals surface area contributed by atoms with Crippen LogP contribution in [0.5, 0.6) is 5.75 Å². The summed E-state index contributed by atoms with van der Waals surface area (Å²) in [5, 5.41) is 38.0. The van der Waals surface area contributed by atoms with Gasteiger partial charge in [-0.05, 0) is 35.7 Å². The summed E-state index contributed by atoms with van der Waals surface area (Å²) >= 11 is 0. The van der Waals surface area contributed by atoms with Gasteiger partial charge in [0.25, 0.3) is 17.5 Å². The fraction of sp³-hybridized carbons (Fsp3) is 0. The predicted octanol–water partition coefficient (Wildman–Crippen LogP) is 4.34. The maximum Gasteiger partial charge on any atom is 0.282 e. The molecule has 0 radical (unpaired) electrons. The number of rotatable bonds is 6. The summed E-state index contributed by atoms with van der Waals surface area (Å²) in [4.78, 5) is 35.8. The molecular weight excluding hydrogens is 462 g/mol. The number of hydrogen-bond donors (Lipinski definition) is 3. The number of nitrogens with one attached hydrogen (secondary N) is 2. The van der Waals surface area contributed by atoms with Gasteiger partial charge in [0, 0.05) is 28.3 Å². The Kier molecular flexibility index (Phi) is 6.65. The third-order valence-electron chi connectivity index (χ3n) is 5.30. The molecule has 4 aromatic rings. The molecular formula is C26H17N5O5. The maximum atomic E-state index is 12.8. The summed E-state index contributed by atoms with van der Waals surface area (Å²) in [5.74, 6) is -1.41. The van der Waals surface area contributed by atoms with Crippen LogP contribution in [0.15, 0.2) is 84.0 Å². The number of carbonyl (C=O) groups is 2. The molecule has 0 aliphatic carbocycles. The van der Waals surface area contributed by atoms with E-state index in [1.54, 1.807) is 48.5 Å². The van der Waals surface area contributed by atoms with E-state index in [0.717, 1.165) is 0 Å². The van der Waals surface area contributed by atoms with E-state index in [0.29, 0.717) is 22.0 Å². The number of carbonyl (C=O) groups excluding carboxylic acids is 2. The van der Waals surface area contributed by atoms with Gasteiger partial charge in [0.15, 0.2) is 0 Å². The number of fused-ring (bicyclic) bond motifs is 1. The first kappa shape index (κ1) is 23.6. The monoisotopic (exact) mass is 479 g/mol. The Hall–Kier alpha value is -5.56. The van der Waals surface area contributed by atoms with Crippen LogP contribution in [0.4, 0.5) is 11.4 Å². The van der Waals surface area contributed by atoms with E-state index in [2.05, 4.69) is 15.8 Å². The van der Waals surface area contributed by atoms with Crippen LogP contribution in [0.25, 0.3) is 10.8 Å². The van der Waals surface area contributed by atoms with Crippen molar-refractivity contribution in [2.75, 3.05) is 5.32 Å². The SMILES string of the molecule is N#Cc1cc(C(=O)NN=Cc2ccc(NC(=O)c3ccccc3[N+](=O)[O-])c3ccccc23)ccc1O. The first-order chi connectivity index (χ1) is 17.4. The zero-order chi connectivity index (χ0) is 25.7. The highest BCUT2D eigenvalue weighted by molar-refractivity contribution is 6.13. The van der Waals surface area contributed by atoms with E-state index in [1.165, 1.54) is 42.6 Å². The molecule has 0 heterocycles. The zero-order valence-electron chi connectivity index (χ0n) is 18.5. The van der Waals surface area contributed by atoms with Crippen LogP contribution in [0.3, 0.4) is 0 Å². The maximum absolute atomic E-state index is 12.8. The lowest BCUT2D eigenvalue weighted by atomic mass is 10.0. The second-order valence-electron chi connectivity index (χ2n) is 7.52. The van der Waals surface area contributed by atoms with Crippen LogP contribution in [-0.2, 0) is 0 Å². The number of para-hydroxylation sites is 1. The number of nitro benzene ring substituents is 1. The van der Waals surface area contributed by atoms with E-state index in [9.17, 15) is 24.8 Å². The molecule has 176 valence electrons. The van der Waals surface area contributed by atoms with E-state index in [4.69, 9.17) is 5.26 Å². The summed E-state index contributed by atoms with van der Waals surface area (Å²) in [5.41, 5.74) is 3.22. The number of nitrogens with zero attached hydrogens (tertiary/aromatic N) is 3. The minimum atomic E-state index is -0.619. The number of hydrogen-bond acceptors (Lipinski definition) is 7. The fourth-order valence-corrected chi connectivity index (χ4v) is 3.55. The molecule has 0 saturated carbocycles. The highest BCUT2D eigenvalue weighted by Gasteiger charge is 2.20. The van der Waals surface area contributed by atoms with Gasteiger partial charge in [-0.25, -0.2) is 5.43 Å². The molecule has 0 aliphatic rings. The van der Waals surface area contributed by atoms with Gasteiger partial charge in [-0.2, -0.15) is 10.4 Å². The van der Waals surface area contributed by atoms with Crippen LogP contribution in [0.2, 0.25) is 0 Å². The van der Waals surface area contributed by atoms with Crippen molar-refractivity contribution >= 4 is 40.2 Å². The molecule has 3 N–H and O–H groups in total. The number of aromatic hydroxyl groups is 1. The molecule has 0 aromatic heterocycles. The van der Waals surface area contributed by atoms with Crippen molar-refractivity contribution < 1.29 is 19.6 Å². The Bertz CT molecular complexity index is 1590. The minimum Gasteiger partial charge on any atom is -0.507 e. The molecule has 0 spiro atoms. The highest BCUT2D eigenvalue weighted by atomic mass is 16.6. The summed E-state index contributed by atoms with van der Waals surface area (Å²) in [6, 6.07) is 21.8. The first-order valence-corrected chi connectivity index (χ1v) is 10.5. The summed E-state index contributed by atoms with van der Waals surface area (Å²) in [7, 11) is 0. The van der Waals surface area contributed by atoms with Gasteiger partial charge < -0.3 is 10.4 Å². The van der Waals surface area contributed by atoms with Crippen LogP contribution in [-0.4, -0.2) is 28.1 Å². The largest absolute Gasteiger partial charge is 0.507 e. The molecule has 10 nitrogen and oxygen atoms in total. The lowest BCUT2D eigenvalue weighted by Crippen LogP contribution is -2.17. The Balaban J connectivity index is 1.57. The van der Waals surface area contributed by atoms with Crippen molar-refractivity contribution in [2.45, 2.75) is 0 Å². The van der Waals surface area contributed by atoms with E-state index < -0.39 is 16.7 Å². The molecule has 36 heavy (non-hydrogen) atoms. The van der Waals surface area contributed by atoms with Crippen molar-refractivity contribution in [2.24, 2.45) is 5.10 Å². The van der Waals surface area contributed by atoms with Crippen molar-refractivity contribution in [3.05, 3.63) is 111 Å². The normalized spacial score (nSPS) is 10.6. The standard InChI is InChI=1S/C26H17N5O5/c27-14-18-13-16(10-12-24(18)32)25(33)30-28-15-17-9-11-22(20-6-2-1-5-19(17)20)29-26(34)21-7-3-4-8-23(21)31(35)36/h1-13,15,32H,(H,29,34)(H,30,33). The van der Waals surface area contributed by atoms with Gasteiger partial charge in [-0.15, -0.1) is 0 Å². The first-order valence-electron chi connectivity index (χ1n) is 10.5. The van der Waals surface area contributed by atoms with E-state index in [-0.39, 0.29) is 28.1 Å². The molecule has 0 atom stereocenters. The molecule has 4 rings (SSSR count). The highest BCUT2D eigenvalue weighted by Crippen LogP contribution is 2.27. The summed E-state index contributed by atoms with van der Waals surface area (Å²) in [6.07, 6.45) is 1.43. The topological polar surface area (TPSA) is 158 Å². The molecule has 0 saturated heterocycles. The van der Waals surface area contributed by atoms with Gasteiger partial charge in [0.2, 0.25) is 0 Å². The minimum absolute atomic E-state index is 0.0314. The van der Waals surface area contributed by atoms with Crippen LogP contribution in [0, 0.1) is 21.4 Å². The fourth-order valence-electron chi connectivity index (χ4n) is 3.55. The molecule has 0 fully saturated rings. The summed E-state index contributed by atoms with van der Waals surface area (Å²) < 4.78 is 0. The molecule has 0 aliphatic heterocycles. The van der Waals surface area contributed by atoms with Gasteiger partial charge in [0.05, 0.1) is 16.7 Å². The van der Waals surface area contributed by atoms with E-state index >= 15 is 0 Å². The molecule has 0 unspecified atom stereocenters. The third kappa shape index (κ3) is 4.85. The average molecular weight is 479 g/mol.